The van der Waals surface area contributed by atoms with E-state index in [9.17, 15) is 9.90 Å². The Hall–Kier alpha value is -0.610. The van der Waals surface area contributed by atoms with Gasteiger partial charge in [0.1, 0.15) is 5.60 Å². The lowest BCUT2D eigenvalue weighted by atomic mass is 9.92. The fraction of sp³-hybridized carbons (Fsp3) is 0.900. The number of nitrogens with zero attached hydrogens (tertiary/aromatic N) is 1. The van der Waals surface area contributed by atoms with Gasteiger partial charge in [-0.15, -0.1) is 0 Å². The lowest BCUT2D eigenvalue weighted by molar-refractivity contribution is -0.170. The number of carbonyl (C=O) groups is 1. The lowest BCUT2D eigenvalue weighted by Crippen LogP contribution is -2.65. The summed E-state index contributed by atoms with van der Waals surface area (Å²) in [6.07, 6.45) is 1.75. The Kier molecular flexibility index (Phi) is 2.08. The second-order valence-electron chi connectivity index (χ2n) is 4.84. The fourth-order valence-corrected chi connectivity index (χ4v) is 2.20. The van der Waals surface area contributed by atoms with Crippen molar-refractivity contribution in [1.82, 2.24) is 4.90 Å². The number of aliphatic hydroxyl groups is 1. The highest BCUT2D eigenvalue weighted by Crippen LogP contribution is 2.31. The first kappa shape index (κ1) is 9.93. The van der Waals surface area contributed by atoms with Crippen LogP contribution in [0.4, 0.5) is 0 Å². The van der Waals surface area contributed by atoms with E-state index in [2.05, 4.69) is 0 Å². The summed E-state index contributed by atoms with van der Waals surface area (Å²) in [5.74, 6) is 0.0292. The van der Waals surface area contributed by atoms with Crippen LogP contribution in [-0.4, -0.2) is 46.8 Å². The van der Waals surface area contributed by atoms with Crippen LogP contribution in [0.3, 0.4) is 0 Å². The van der Waals surface area contributed by atoms with E-state index in [0.29, 0.717) is 19.7 Å². The maximum atomic E-state index is 11.9. The monoisotopic (exact) mass is 199 g/mol. The van der Waals surface area contributed by atoms with Crippen molar-refractivity contribution in [3.63, 3.8) is 0 Å². The maximum absolute atomic E-state index is 11.9. The van der Waals surface area contributed by atoms with E-state index in [4.69, 9.17) is 4.74 Å². The van der Waals surface area contributed by atoms with Crippen LogP contribution in [0.2, 0.25) is 0 Å². The summed E-state index contributed by atoms with van der Waals surface area (Å²) < 4.78 is 5.45. The van der Waals surface area contributed by atoms with Crippen LogP contribution in [0.1, 0.15) is 26.7 Å². The third-order valence-corrected chi connectivity index (χ3v) is 3.02. The zero-order valence-corrected chi connectivity index (χ0v) is 8.75. The molecule has 2 aliphatic rings. The summed E-state index contributed by atoms with van der Waals surface area (Å²) in [5, 5.41) is 9.52. The second-order valence-corrected chi connectivity index (χ2v) is 4.84. The van der Waals surface area contributed by atoms with Gasteiger partial charge in [0.05, 0.1) is 18.7 Å². The fourth-order valence-electron chi connectivity index (χ4n) is 2.20. The van der Waals surface area contributed by atoms with Crippen LogP contribution >= 0.6 is 0 Å². The molecule has 0 bridgehead atoms. The standard InChI is InChI=1S/C10H17NO3/c1-9(13)6-11(7-9)8(12)10(2)4-3-5-14-10/h13H,3-7H2,1-2H3. The molecule has 2 aliphatic heterocycles. The van der Waals surface area contributed by atoms with Gasteiger partial charge in [0.15, 0.2) is 0 Å². The molecule has 4 heteroatoms. The number of hydrogen-bond donors (Lipinski definition) is 1. The number of carbonyl (C=O) groups excluding carboxylic acids is 1. The van der Waals surface area contributed by atoms with Gasteiger partial charge in [-0.1, -0.05) is 0 Å². The maximum Gasteiger partial charge on any atom is 0.254 e. The minimum Gasteiger partial charge on any atom is -0.386 e. The van der Waals surface area contributed by atoms with Crippen molar-refractivity contribution in [2.24, 2.45) is 0 Å². The van der Waals surface area contributed by atoms with Gasteiger partial charge in [-0.2, -0.15) is 0 Å². The molecule has 14 heavy (non-hydrogen) atoms. The molecule has 0 aliphatic carbocycles. The molecule has 1 amide bonds. The van der Waals surface area contributed by atoms with Crippen LogP contribution in [-0.2, 0) is 9.53 Å². The second kappa shape index (κ2) is 2.94. The summed E-state index contributed by atoms with van der Waals surface area (Å²) >= 11 is 0. The molecule has 2 heterocycles. The number of hydrogen-bond acceptors (Lipinski definition) is 3. The van der Waals surface area contributed by atoms with Gasteiger partial charge in [-0.3, -0.25) is 4.79 Å². The Morgan fingerprint density at radius 3 is 2.50 bits per heavy atom. The minimum absolute atomic E-state index is 0.0292. The van der Waals surface area contributed by atoms with Gasteiger partial charge in [-0.25, -0.2) is 0 Å². The van der Waals surface area contributed by atoms with Gasteiger partial charge in [0, 0.05) is 6.61 Å². The molecule has 0 spiro atoms. The topological polar surface area (TPSA) is 49.8 Å². The molecule has 0 aromatic rings. The highest BCUT2D eigenvalue weighted by molar-refractivity contribution is 5.86. The van der Waals surface area contributed by atoms with Crippen LogP contribution in [0.5, 0.6) is 0 Å². The summed E-state index contributed by atoms with van der Waals surface area (Å²) in [7, 11) is 0. The van der Waals surface area contributed by atoms with E-state index in [0.717, 1.165) is 12.8 Å². The Labute approximate surface area is 83.8 Å². The first-order chi connectivity index (χ1) is 6.43. The Bertz CT molecular complexity index is 248. The predicted octanol–water partition coefficient (Wildman–Crippen LogP) is 0.149. The van der Waals surface area contributed by atoms with Gasteiger partial charge in [-0.05, 0) is 26.7 Å². The normalized spacial score (nSPS) is 35.5. The summed E-state index contributed by atoms with van der Waals surface area (Å²) in [4.78, 5) is 13.6. The molecule has 1 atom stereocenters. The van der Waals surface area contributed by atoms with Crippen LogP contribution in [0, 0.1) is 0 Å². The quantitative estimate of drug-likeness (QED) is 0.654. The molecule has 0 radical (unpaired) electrons. The number of ether oxygens (including phenoxy) is 1. The van der Waals surface area contributed by atoms with Crippen molar-refractivity contribution in [3.8, 4) is 0 Å². The van der Waals surface area contributed by atoms with Gasteiger partial charge in [0.25, 0.3) is 5.91 Å². The molecule has 2 rings (SSSR count). The third kappa shape index (κ3) is 1.53. The first-order valence-electron chi connectivity index (χ1n) is 5.09. The highest BCUT2D eigenvalue weighted by atomic mass is 16.5. The molecule has 80 valence electrons. The minimum atomic E-state index is -0.690. The van der Waals surface area contributed by atoms with E-state index >= 15 is 0 Å². The van der Waals surface area contributed by atoms with E-state index in [1.807, 2.05) is 6.92 Å². The van der Waals surface area contributed by atoms with Gasteiger partial charge < -0.3 is 14.7 Å². The van der Waals surface area contributed by atoms with Crippen LogP contribution < -0.4 is 0 Å². The highest BCUT2D eigenvalue weighted by Gasteiger charge is 2.47. The summed E-state index contributed by atoms with van der Waals surface area (Å²) in [6, 6.07) is 0. The molecule has 0 saturated carbocycles. The Morgan fingerprint density at radius 2 is 2.07 bits per heavy atom. The van der Waals surface area contributed by atoms with Crippen molar-refractivity contribution in [3.05, 3.63) is 0 Å². The molecule has 1 unspecified atom stereocenters. The molecule has 4 nitrogen and oxygen atoms in total. The van der Waals surface area contributed by atoms with Crippen molar-refractivity contribution in [2.45, 2.75) is 37.9 Å². The lowest BCUT2D eigenvalue weighted by Gasteiger charge is -2.46. The summed E-state index contributed by atoms with van der Waals surface area (Å²) in [5.41, 5.74) is -1.32. The average Bonchev–Trinajstić information content (AvgIpc) is 2.47. The average molecular weight is 199 g/mol. The van der Waals surface area contributed by atoms with Gasteiger partial charge >= 0.3 is 0 Å². The molecule has 0 aromatic carbocycles. The first-order valence-corrected chi connectivity index (χ1v) is 5.09. The largest absolute Gasteiger partial charge is 0.386 e. The Balaban J connectivity index is 1.96. The van der Waals surface area contributed by atoms with E-state index < -0.39 is 11.2 Å². The molecule has 0 aromatic heterocycles. The zero-order chi connectivity index (χ0) is 10.4. The molecule has 2 fully saturated rings. The number of β-amino-alcohol motifs (C(OH)–C–C–N with tert-alkyl or cyclic N) is 1. The molecule has 1 N–H and O–H groups in total. The number of rotatable bonds is 1. The zero-order valence-electron chi connectivity index (χ0n) is 8.75. The van der Waals surface area contributed by atoms with Crippen LogP contribution in [0.15, 0.2) is 0 Å². The van der Waals surface area contributed by atoms with E-state index in [1.165, 1.54) is 0 Å². The van der Waals surface area contributed by atoms with E-state index in [1.54, 1.807) is 11.8 Å². The predicted molar refractivity (Wildman–Crippen MR) is 50.8 cm³/mol. The smallest absolute Gasteiger partial charge is 0.254 e. The SMILES string of the molecule is CC1(O)CN(C(=O)C2(C)CCCO2)C1. The van der Waals surface area contributed by atoms with Crippen molar-refractivity contribution in [2.75, 3.05) is 19.7 Å². The van der Waals surface area contributed by atoms with Gasteiger partial charge in [0.2, 0.25) is 0 Å². The van der Waals surface area contributed by atoms with E-state index in [-0.39, 0.29) is 5.91 Å². The Morgan fingerprint density at radius 1 is 1.43 bits per heavy atom. The third-order valence-electron chi connectivity index (χ3n) is 3.02. The van der Waals surface area contributed by atoms with Crippen molar-refractivity contribution >= 4 is 5.91 Å². The van der Waals surface area contributed by atoms with Crippen molar-refractivity contribution in [1.29, 1.82) is 0 Å². The summed E-state index contributed by atoms with van der Waals surface area (Å²) in [6.45, 7) is 5.13. The van der Waals surface area contributed by atoms with Crippen molar-refractivity contribution < 1.29 is 14.6 Å². The number of likely N-dealkylation sites (tertiary alicyclic amines) is 1. The van der Waals surface area contributed by atoms with Crippen LogP contribution in [0.25, 0.3) is 0 Å². The molecular formula is C10H17NO3. The molecular weight excluding hydrogens is 182 g/mol. The number of amides is 1. The molecule has 2 saturated heterocycles.